The normalized spacial score (nSPS) is 17.6. The van der Waals surface area contributed by atoms with E-state index in [2.05, 4.69) is 6.07 Å². The lowest BCUT2D eigenvalue weighted by Gasteiger charge is -2.41. The van der Waals surface area contributed by atoms with Crippen molar-refractivity contribution in [2.75, 3.05) is 31.6 Å². The lowest BCUT2D eigenvalue weighted by atomic mass is 10.1. The molecule has 1 aliphatic rings. The maximum absolute atomic E-state index is 12.3. The first-order valence-electron chi connectivity index (χ1n) is 8.08. The third-order valence-electron chi connectivity index (χ3n) is 3.84. The predicted molar refractivity (Wildman–Crippen MR) is 92.1 cm³/mol. The van der Waals surface area contributed by atoms with Crippen LogP contribution in [0.5, 0.6) is 0 Å². The highest BCUT2D eigenvalue weighted by molar-refractivity contribution is 5.83. The van der Waals surface area contributed by atoms with Gasteiger partial charge in [-0.25, -0.2) is 9.59 Å². The number of piperazine rings is 1. The van der Waals surface area contributed by atoms with Crippen LogP contribution in [0.1, 0.15) is 26.3 Å². The van der Waals surface area contributed by atoms with Gasteiger partial charge in [0.25, 0.3) is 0 Å². The highest BCUT2D eigenvalue weighted by Crippen LogP contribution is 2.25. The molecule has 1 unspecified atom stereocenters. The molecule has 134 valence electrons. The highest BCUT2D eigenvalue weighted by Gasteiger charge is 2.37. The summed E-state index contributed by atoms with van der Waals surface area (Å²) >= 11 is 0. The van der Waals surface area contributed by atoms with Crippen LogP contribution in [0.15, 0.2) is 24.3 Å². The first-order valence-corrected chi connectivity index (χ1v) is 8.08. The standard InChI is InChI=1S/C18H23N3O4/c1-18(2,3)25-17(23)20-9-10-21(15(12-20)16(22)24-4)14-8-6-5-7-13(14)11-19/h5-8,15H,9-10,12H2,1-4H3. The molecule has 1 amide bonds. The van der Waals surface area contributed by atoms with Crippen molar-refractivity contribution in [3.8, 4) is 6.07 Å². The SMILES string of the molecule is COC(=O)C1CN(C(=O)OC(C)(C)C)CCN1c1ccccc1C#N. The van der Waals surface area contributed by atoms with Crippen LogP contribution in [0.3, 0.4) is 0 Å². The van der Waals surface area contributed by atoms with Crippen LogP contribution in [0.4, 0.5) is 10.5 Å². The van der Waals surface area contributed by atoms with Crippen molar-refractivity contribution in [3.63, 3.8) is 0 Å². The third-order valence-corrected chi connectivity index (χ3v) is 3.84. The van der Waals surface area contributed by atoms with E-state index in [9.17, 15) is 14.9 Å². The fourth-order valence-corrected chi connectivity index (χ4v) is 2.72. The minimum Gasteiger partial charge on any atom is -0.467 e. The monoisotopic (exact) mass is 345 g/mol. The highest BCUT2D eigenvalue weighted by atomic mass is 16.6. The Labute approximate surface area is 147 Å². The lowest BCUT2D eigenvalue weighted by Crippen LogP contribution is -2.59. The van der Waals surface area contributed by atoms with E-state index in [0.717, 1.165) is 0 Å². The summed E-state index contributed by atoms with van der Waals surface area (Å²) in [6.45, 7) is 6.31. The van der Waals surface area contributed by atoms with Crippen LogP contribution in [0.25, 0.3) is 0 Å². The zero-order valence-electron chi connectivity index (χ0n) is 15.0. The molecule has 0 spiro atoms. The van der Waals surface area contributed by atoms with Crippen LogP contribution in [-0.4, -0.2) is 55.3 Å². The summed E-state index contributed by atoms with van der Waals surface area (Å²) < 4.78 is 10.3. The molecule has 25 heavy (non-hydrogen) atoms. The van der Waals surface area contributed by atoms with Crippen molar-refractivity contribution < 1.29 is 19.1 Å². The zero-order chi connectivity index (χ0) is 18.6. The van der Waals surface area contributed by atoms with Gasteiger partial charge in [-0.2, -0.15) is 5.26 Å². The Morgan fingerprint density at radius 2 is 1.92 bits per heavy atom. The average Bonchev–Trinajstić information content (AvgIpc) is 2.59. The number of hydrogen-bond donors (Lipinski definition) is 0. The van der Waals surface area contributed by atoms with Crippen LogP contribution in [-0.2, 0) is 14.3 Å². The third kappa shape index (κ3) is 4.41. The van der Waals surface area contributed by atoms with Crippen molar-refractivity contribution in [3.05, 3.63) is 29.8 Å². The second-order valence-corrected chi connectivity index (χ2v) is 6.79. The number of esters is 1. The molecule has 1 aliphatic heterocycles. The van der Waals surface area contributed by atoms with Gasteiger partial charge in [0, 0.05) is 13.1 Å². The smallest absolute Gasteiger partial charge is 0.410 e. The molecular weight excluding hydrogens is 322 g/mol. The van der Waals surface area contributed by atoms with Gasteiger partial charge in [-0.1, -0.05) is 12.1 Å². The van der Waals surface area contributed by atoms with Gasteiger partial charge in [0.15, 0.2) is 0 Å². The second-order valence-electron chi connectivity index (χ2n) is 6.79. The lowest BCUT2D eigenvalue weighted by molar-refractivity contribution is -0.143. The molecule has 0 radical (unpaired) electrons. The minimum atomic E-state index is -0.694. The number of hydrogen-bond acceptors (Lipinski definition) is 6. The number of benzene rings is 1. The van der Waals surface area contributed by atoms with Gasteiger partial charge >= 0.3 is 12.1 Å². The summed E-state index contributed by atoms with van der Waals surface area (Å²) in [6, 6.07) is 8.51. The largest absolute Gasteiger partial charge is 0.467 e. The summed E-state index contributed by atoms with van der Waals surface area (Å²) in [6.07, 6.45) is -0.463. The molecule has 1 aromatic carbocycles. The summed E-state index contributed by atoms with van der Waals surface area (Å²) in [7, 11) is 1.31. The van der Waals surface area contributed by atoms with E-state index in [1.54, 1.807) is 39.0 Å². The number of methoxy groups -OCH3 is 1. The van der Waals surface area contributed by atoms with Crippen LogP contribution in [0.2, 0.25) is 0 Å². The van der Waals surface area contributed by atoms with Gasteiger partial charge in [0.2, 0.25) is 0 Å². The van der Waals surface area contributed by atoms with Crippen LogP contribution in [0, 0.1) is 11.3 Å². The Morgan fingerprint density at radius 1 is 1.24 bits per heavy atom. The average molecular weight is 345 g/mol. The maximum atomic E-state index is 12.3. The molecule has 0 aliphatic carbocycles. The Kier molecular flexibility index (Phi) is 5.52. The summed E-state index contributed by atoms with van der Waals surface area (Å²) in [4.78, 5) is 27.9. The van der Waals surface area contributed by atoms with Gasteiger partial charge in [-0.15, -0.1) is 0 Å². The van der Waals surface area contributed by atoms with Gasteiger partial charge in [0.1, 0.15) is 17.7 Å². The number of ether oxygens (including phenoxy) is 2. The van der Waals surface area contributed by atoms with Crippen molar-refractivity contribution >= 4 is 17.7 Å². The Balaban J connectivity index is 2.26. The Bertz CT molecular complexity index is 690. The fourth-order valence-electron chi connectivity index (χ4n) is 2.72. The first-order chi connectivity index (χ1) is 11.8. The zero-order valence-corrected chi connectivity index (χ0v) is 15.0. The van der Waals surface area contributed by atoms with Crippen LogP contribution >= 0.6 is 0 Å². The molecule has 1 aromatic rings. The summed E-state index contributed by atoms with van der Waals surface area (Å²) in [5.74, 6) is -0.457. The van der Waals surface area contributed by atoms with Crippen molar-refractivity contribution in [1.82, 2.24) is 4.90 Å². The number of anilines is 1. The molecule has 1 saturated heterocycles. The number of carbonyl (C=O) groups is 2. The summed E-state index contributed by atoms with van der Waals surface area (Å²) in [5, 5.41) is 9.32. The molecule has 0 saturated carbocycles. The van der Waals surface area contributed by atoms with Crippen LogP contribution < -0.4 is 4.90 Å². The number of carbonyl (C=O) groups excluding carboxylic acids is 2. The number of nitriles is 1. The molecule has 0 N–H and O–H groups in total. The quantitative estimate of drug-likeness (QED) is 0.764. The Hall–Kier alpha value is -2.75. The molecule has 7 nitrogen and oxygen atoms in total. The molecule has 1 atom stereocenters. The van der Waals surface area contributed by atoms with Gasteiger partial charge in [-0.3, -0.25) is 0 Å². The van der Waals surface area contributed by atoms with Gasteiger partial charge in [-0.05, 0) is 32.9 Å². The van der Waals surface area contributed by atoms with E-state index in [-0.39, 0.29) is 6.54 Å². The van der Waals surface area contributed by atoms with E-state index in [1.165, 1.54) is 12.0 Å². The molecule has 0 bridgehead atoms. The van der Waals surface area contributed by atoms with Crippen molar-refractivity contribution in [2.45, 2.75) is 32.4 Å². The molecule has 2 rings (SSSR count). The molecule has 0 aromatic heterocycles. The predicted octanol–water partition coefficient (Wildman–Crippen LogP) is 2.16. The fraction of sp³-hybridized carbons (Fsp3) is 0.500. The van der Waals surface area contributed by atoms with Gasteiger partial charge < -0.3 is 19.3 Å². The minimum absolute atomic E-state index is 0.140. The molecule has 1 fully saturated rings. The van der Waals surface area contributed by atoms with E-state index < -0.39 is 23.7 Å². The van der Waals surface area contributed by atoms with Gasteiger partial charge in [0.05, 0.1) is 24.9 Å². The molecular formula is C18H23N3O4. The number of para-hydroxylation sites is 1. The van der Waals surface area contributed by atoms with Crippen molar-refractivity contribution in [1.29, 1.82) is 5.26 Å². The van der Waals surface area contributed by atoms with E-state index >= 15 is 0 Å². The Morgan fingerprint density at radius 3 is 2.52 bits per heavy atom. The van der Waals surface area contributed by atoms with E-state index in [1.807, 2.05) is 11.0 Å². The van der Waals surface area contributed by atoms with E-state index in [0.29, 0.717) is 24.3 Å². The number of amides is 1. The van der Waals surface area contributed by atoms with E-state index in [4.69, 9.17) is 9.47 Å². The van der Waals surface area contributed by atoms with Crippen molar-refractivity contribution in [2.24, 2.45) is 0 Å². The first kappa shape index (κ1) is 18.6. The topological polar surface area (TPSA) is 82.9 Å². The maximum Gasteiger partial charge on any atom is 0.410 e. The molecule has 7 heteroatoms. The molecule has 1 heterocycles. The number of rotatable bonds is 2. The second kappa shape index (κ2) is 7.43. The number of nitrogens with zero attached hydrogens (tertiary/aromatic N) is 3. The summed E-state index contributed by atoms with van der Waals surface area (Å²) in [5.41, 5.74) is 0.522.